The molecule has 5 atom stereocenters. The number of rotatable bonds is 2. The Morgan fingerprint density at radius 2 is 1.64 bits per heavy atom. The largest absolute Gasteiger partial charge is 0.388 e. The highest BCUT2D eigenvalue weighted by Gasteiger charge is 2.44. The fraction of sp³-hybridized carbons (Fsp3) is 1.00. The Balaban J connectivity index is 2.73. The van der Waals surface area contributed by atoms with Crippen molar-refractivity contribution in [1.29, 1.82) is 0 Å². The minimum atomic E-state index is -1.12. The molecule has 0 saturated carbocycles. The molecular weight excluding hydrogens is 204 g/mol. The third kappa shape index (κ3) is 2.23. The van der Waals surface area contributed by atoms with Crippen molar-refractivity contribution in [2.45, 2.75) is 43.7 Å². The van der Waals surface area contributed by atoms with Crippen LogP contribution >= 0.6 is 11.8 Å². The zero-order chi connectivity index (χ0) is 10.9. The van der Waals surface area contributed by atoms with Crippen molar-refractivity contribution in [2.24, 2.45) is 5.92 Å². The van der Waals surface area contributed by atoms with E-state index < -0.39 is 29.9 Å². The Bertz CT molecular complexity index is 186. The van der Waals surface area contributed by atoms with Crippen molar-refractivity contribution in [1.82, 2.24) is 0 Å². The van der Waals surface area contributed by atoms with E-state index in [2.05, 4.69) is 0 Å². The predicted molar refractivity (Wildman–Crippen MR) is 55.0 cm³/mol. The van der Waals surface area contributed by atoms with Crippen LogP contribution in [0.3, 0.4) is 0 Å². The van der Waals surface area contributed by atoms with Crippen LogP contribution in [0, 0.1) is 5.92 Å². The van der Waals surface area contributed by atoms with E-state index in [0.29, 0.717) is 0 Å². The Hall–Kier alpha value is 0.190. The number of ether oxygens (including phenoxy) is 1. The first-order valence-electron chi connectivity index (χ1n) is 4.71. The lowest BCUT2D eigenvalue weighted by Gasteiger charge is -2.41. The molecule has 1 saturated heterocycles. The Morgan fingerprint density at radius 3 is 2.07 bits per heavy atom. The standard InChI is InChI=1S/C9H18O4S/c1-4(2)8-6(11)5(10)7(12)9(13-8)14-3/h4-12H,1-3H3/t5-,6-,7+,8+,9-/m1/s1. The number of aliphatic hydroxyl groups excluding tert-OH is 3. The van der Waals surface area contributed by atoms with E-state index in [1.165, 1.54) is 11.8 Å². The number of aliphatic hydroxyl groups is 3. The van der Waals surface area contributed by atoms with E-state index in [-0.39, 0.29) is 5.92 Å². The molecule has 0 spiro atoms. The van der Waals surface area contributed by atoms with Gasteiger partial charge in [0.05, 0.1) is 6.10 Å². The number of hydrogen-bond acceptors (Lipinski definition) is 5. The molecule has 0 aromatic carbocycles. The van der Waals surface area contributed by atoms with Crippen LogP contribution in [0.5, 0.6) is 0 Å². The third-order valence-electron chi connectivity index (χ3n) is 2.50. The van der Waals surface area contributed by atoms with Crippen LogP contribution < -0.4 is 0 Å². The van der Waals surface area contributed by atoms with Gasteiger partial charge < -0.3 is 20.1 Å². The second kappa shape index (κ2) is 4.81. The van der Waals surface area contributed by atoms with Crippen LogP contribution in [0.1, 0.15) is 13.8 Å². The second-order valence-electron chi connectivity index (χ2n) is 3.92. The summed E-state index contributed by atoms with van der Waals surface area (Å²) in [7, 11) is 0. The van der Waals surface area contributed by atoms with Crippen molar-refractivity contribution in [3.63, 3.8) is 0 Å². The molecule has 0 aliphatic carbocycles. The maximum atomic E-state index is 9.65. The van der Waals surface area contributed by atoms with E-state index in [4.69, 9.17) is 4.74 Å². The molecule has 4 nitrogen and oxygen atoms in total. The van der Waals surface area contributed by atoms with E-state index in [1.54, 1.807) is 6.26 Å². The molecule has 1 heterocycles. The second-order valence-corrected chi connectivity index (χ2v) is 4.86. The number of hydrogen-bond donors (Lipinski definition) is 3. The first kappa shape index (κ1) is 12.3. The van der Waals surface area contributed by atoms with Gasteiger partial charge in [0.2, 0.25) is 0 Å². The average Bonchev–Trinajstić information content (AvgIpc) is 2.14. The molecule has 0 aromatic heterocycles. The average molecular weight is 222 g/mol. The summed E-state index contributed by atoms with van der Waals surface area (Å²) in [6.45, 7) is 3.82. The Morgan fingerprint density at radius 1 is 1.07 bits per heavy atom. The van der Waals surface area contributed by atoms with Gasteiger partial charge in [-0.25, -0.2) is 0 Å². The van der Waals surface area contributed by atoms with E-state index in [1.807, 2.05) is 13.8 Å². The van der Waals surface area contributed by atoms with Crippen molar-refractivity contribution in [2.75, 3.05) is 6.26 Å². The minimum Gasteiger partial charge on any atom is -0.388 e. The smallest absolute Gasteiger partial charge is 0.132 e. The topological polar surface area (TPSA) is 69.9 Å². The van der Waals surface area contributed by atoms with Gasteiger partial charge in [0.25, 0.3) is 0 Å². The minimum absolute atomic E-state index is 0.113. The highest BCUT2D eigenvalue weighted by Crippen LogP contribution is 2.30. The SMILES string of the molecule is CS[C@H]1O[C@@H](C(C)C)[C@H](O)[C@@H](O)[C@@H]1O. The van der Waals surface area contributed by atoms with Gasteiger partial charge in [-0.1, -0.05) is 13.8 Å². The van der Waals surface area contributed by atoms with Crippen molar-refractivity contribution < 1.29 is 20.1 Å². The summed E-state index contributed by atoms with van der Waals surface area (Å²) in [5.74, 6) is 0.113. The Kier molecular flexibility index (Phi) is 4.21. The van der Waals surface area contributed by atoms with Gasteiger partial charge in [-0.15, -0.1) is 11.8 Å². The summed E-state index contributed by atoms with van der Waals surface area (Å²) in [5, 5.41) is 28.8. The summed E-state index contributed by atoms with van der Waals surface area (Å²) in [6, 6.07) is 0. The van der Waals surface area contributed by atoms with E-state index in [9.17, 15) is 15.3 Å². The highest BCUT2D eigenvalue weighted by atomic mass is 32.2. The molecule has 0 unspecified atom stereocenters. The van der Waals surface area contributed by atoms with E-state index >= 15 is 0 Å². The lowest BCUT2D eigenvalue weighted by molar-refractivity contribution is -0.208. The molecule has 1 fully saturated rings. The predicted octanol–water partition coefficient (Wildman–Crippen LogP) is -0.187. The van der Waals surface area contributed by atoms with Gasteiger partial charge in [-0.05, 0) is 12.2 Å². The molecule has 0 bridgehead atoms. The van der Waals surface area contributed by atoms with Crippen LogP contribution in [0.25, 0.3) is 0 Å². The zero-order valence-electron chi connectivity index (χ0n) is 8.62. The molecule has 3 N–H and O–H groups in total. The molecule has 14 heavy (non-hydrogen) atoms. The van der Waals surface area contributed by atoms with Crippen molar-refractivity contribution in [3.05, 3.63) is 0 Å². The fourth-order valence-electron chi connectivity index (χ4n) is 1.62. The van der Waals surface area contributed by atoms with Crippen LogP contribution in [-0.2, 0) is 4.74 Å². The summed E-state index contributed by atoms with van der Waals surface area (Å²) in [5.41, 5.74) is -0.458. The molecule has 0 aromatic rings. The summed E-state index contributed by atoms with van der Waals surface area (Å²) >= 11 is 1.34. The quantitative estimate of drug-likeness (QED) is 0.604. The van der Waals surface area contributed by atoms with Crippen molar-refractivity contribution >= 4 is 11.8 Å². The summed E-state index contributed by atoms with van der Waals surface area (Å²) < 4.78 is 5.49. The van der Waals surface area contributed by atoms with Gasteiger partial charge in [0.1, 0.15) is 23.7 Å². The molecular formula is C9H18O4S. The van der Waals surface area contributed by atoms with E-state index in [0.717, 1.165) is 0 Å². The third-order valence-corrected chi connectivity index (χ3v) is 3.35. The first-order chi connectivity index (χ1) is 6.49. The van der Waals surface area contributed by atoms with Gasteiger partial charge in [-0.3, -0.25) is 0 Å². The zero-order valence-corrected chi connectivity index (χ0v) is 9.44. The molecule has 0 radical (unpaired) electrons. The molecule has 1 aliphatic heterocycles. The maximum absolute atomic E-state index is 9.65. The van der Waals surface area contributed by atoms with Crippen LogP contribution in [0.2, 0.25) is 0 Å². The Labute approximate surface area is 88.3 Å². The number of thioether (sulfide) groups is 1. The highest BCUT2D eigenvalue weighted by molar-refractivity contribution is 7.99. The first-order valence-corrected chi connectivity index (χ1v) is 6.00. The molecule has 1 aliphatic rings. The molecule has 1 rings (SSSR count). The lowest BCUT2D eigenvalue weighted by Crippen LogP contribution is -2.57. The molecule has 5 heteroatoms. The fourth-order valence-corrected chi connectivity index (χ4v) is 2.30. The lowest BCUT2D eigenvalue weighted by atomic mass is 9.92. The van der Waals surface area contributed by atoms with Crippen molar-refractivity contribution in [3.8, 4) is 0 Å². The summed E-state index contributed by atoms with van der Waals surface area (Å²) in [6.07, 6.45) is -1.75. The van der Waals surface area contributed by atoms with Gasteiger partial charge in [-0.2, -0.15) is 0 Å². The maximum Gasteiger partial charge on any atom is 0.132 e. The summed E-state index contributed by atoms with van der Waals surface area (Å²) in [4.78, 5) is 0. The monoisotopic (exact) mass is 222 g/mol. The van der Waals surface area contributed by atoms with Crippen LogP contribution in [0.15, 0.2) is 0 Å². The van der Waals surface area contributed by atoms with Gasteiger partial charge in [0.15, 0.2) is 0 Å². The molecule has 84 valence electrons. The molecule has 0 amide bonds. The van der Waals surface area contributed by atoms with Crippen LogP contribution in [-0.4, -0.2) is 51.4 Å². The van der Waals surface area contributed by atoms with Gasteiger partial charge in [0, 0.05) is 0 Å². The van der Waals surface area contributed by atoms with Crippen LogP contribution in [0.4, 0.5) is 0 Å². The van der Waals surface area contributed by atoms with Gasteiger partial charge >= 0.3 is 0 Å². The normalized spacial score (nSPS) is 44.4.